The SMILES string of the molecule is Cc1c(N)cccc1-n1ccc2ncc(-c3cccnc3)n21. The fourth-order valence-corrected chi connectivity index (χ4v) is 2.69. The second kappa shape index (κ2) is 4.73. The van der Waals surface area contributed by atoms with Crippen LogP contribution in [-0.4, -0.2) is 19.2 Å². The van der Waals surface area contributed by atoms with Crippen LogP contribution in [0, 0.1) is 6.92 Å². The third kappa shape index (κ3) is 1.79. The van der Waals surface area contributed by atoms with E-state index in [2.05, 4.69) is 25.2 Å². The summed E-state index contributed by atoms with van der Waals surface area (Å²) < 4.78 is 4.13. The van der Waals surface area contributed by atoms with Crippen LogP contribution in [0.4, 0.5) is 5.69 Å². The fraction of sp³-hybridized carbons (Fsp3) is 0.0588. The number of hydrogen-bond donors (Lipinski definition) is 1. The van der Waals surface area contributed by atoms with Crippen LogP contribution in [0.25, 0.3) is 22.6 Å². The zero-order valence-corrected chi connectivity index (χ0v) is 12.1. The van der Waals surface area contributed by atoms with E-state index >= 15 is 0 Å². The van der Waals surface area contributed by atoms with E-state index in [9.17, 15) is 0 Å². The van der Waals surface area contributed by atoms with Gasteiger partial charge in [-0.3, -0.25) is 9.67 Å². The summed E-state index contributed by atoms with van der Waals surface area (Å²) in [6, 6.07) is 11.9. The molecule has 108 valence electrons. The van der Waals surface area contributed by atoms with Crippen molar-refractivity contribution in [1.82, 2.24) is 19.2 Å². The summed E-state index contributed by atoms with van der Waals surface area (Å²) in [7, 11) is 0. The lowest BCUT2D eigenvalue weighted by Gasteiger charge is -2.12. The molecule has 0 bridgehead atoms. The minimum Gasteiger partial charge on any atom is -0.398 e. The van der Waals surface area contributed by atoms with Gasteiger partial charge in [-0.1, -0.05) is 6.07 Å². The Morgan fingerprint density at radius 1 is 1.05 bits per heavy atom. The van der Waals surface area contributed by atoms with Gasteiger partial charge in [-0.25, -0.2) is 9.50 Å². The molecule has 0 fully saturated rings. The predicted octanol–water partition coefficient (Wildman–Crippen LogP) is 3.08. The van der Waals surface area contributed by atoms with Crippen molar-refractivity contribution in [3.05, 3.63) is 66.7 Å². The lowest BCUT2D eigenvalue weighted by Crippen LogP contribution is -2.06. The molecule has 4 aromatic rings. The Labute approximate surface area is 127 Å². The number of pyridine rings is 1. The summed E-state index contributed by atoms with van der Waals surface area (Å²) in [4.78, 5) is 8.67. The van der Waals surface area contributed by atoms with Gasteiger partial charge in [0.15, 0.2) is 5.65 Å². The molecule has 0 aliphatic rings. The third-order valence-corrected chi connectivity index (χ3v) is 3.90. The van der Waals surface area contributed by atoms with Crippen LogP contribution in [0.15, 0.2) is 61.2 Å². The summed E-state index contributed by atoms with van der Waals surface area (Å²) in [6.45, 7) is 2.02. The lowest BCUT2D eigenvalue weighted by molar-refractivity contribution is 0.805. The average molecular weight is 289 g/mol. The van der Waals surface area contributed by atoms with E-state index in [1.807, 2.05) is 55.8 Å². The molecule has 0 spiro atoms. The maximum atomic E-state index is 6.05. The van der Waals surface area contributed by atoms with Crippen molar-refractivity contribution in [3.8, 4) is 16.9 Å². The molecule has 5 nitrogen and oxygen atoms in total. The van der Waals surface area contributed by atoms with E-state index in [4.69, 9.17) is 5.73 Å². The van der Waals surface area contributed by atoms with Gasteiger partial charge in [0.05, 0.1) is 17.6 Å². The van der Waals surface area contributed by atoms with Crippen molar-refractivity contribution in [2.24, 2.45) is 0 Å². The van der Waals surface area contributed by atoms with Crippen molar-refractivity contribution in [2.45, 2.75) is 6.92 Å². The van der Waals surface area contributed by atoms with Crippen molar-refractivity contribution in [3.63, 3.8) is 0 Å². The highest BCUT2D eigenvalue weighted by Gasteiger charge is 2.12. The Balaban J connectivity index is 2.00. The molecule has 0 aliphatic carbocycles. The molecule has 5 heteroatoms. The minimum absolute atomic E-state index is 0.780. The zero-order valence-electron chi connectivity index (χ0n) is 12.1. The fourth-order valence-electron chi connectivity index (χ4n) is 2.69. The van der Waals surface area contributed by atoms with E-state index in [0.29, 0.717) is 0 Å². The van der Waals surface area contributed by atoms with Gasteiger partial charge in [-0.05, 0) is 36.8 Å². The van der Waals surface area contributed by atoms with Crippen LogP contribution < -0.4 is 5.73 Å². The van der Waals surface area contributed by atoms with Gasteiger partial charge in [0.1, 0.15) is 0 Å². The molecule has 22 heavy (non-hydrogen) atoms. The van der Waals surface area contributed by atoms with Gasteiger partial charge in [0.25, 0.3) is 0 Å². The van der Waals surface area contributed by atoms with Crippen molar-refractivity contribution in [2.75, 3.05) is 5.73 Å². The van der Waals surface area contributed by atoms with E-state index < -0.39 is 0 Å². The molecule has 4 rings (SSSR count). The van der Waals surface area contributed by atoms with Crippen LogP contribution in [0.2, 0.25) is 0 Å². The predicted molar refractivity (Wildman–Crippen MR) is 86.9 cm³/mol. The number of rotatable bonds is 2. The zero-order chi connectivity index (χ0) is 15.1. The highest BCUT2D eigenvalue weighted by Crippen LogP contribution is 2.25. The first-order chi connectivity index (χ1) is 10.8. The van der Waals surface area contributed by atoms with Crippen molar-refractivity contribution in [1.29, 1.82) is 0 Å². The maximum Gasteiger partial charge on any atom is 0.154 e. The number of fused-ring (bicyclic) bond motifs is 1. The van der Waals surface area contributed by atoms with Gasteiger partial charge in [0.2, 0.25) is 0 Å². The van der Waals surface area contributed by atoms with E-state index in [-0.39, 0.29) is 0 Å². The largest absolute Gasteiger partial charge is 0.398 e. The third-order valence-electron chi connectivity index (χ3n) is 3.90. The second-order valence-corrected chi connectivity index (χ2v) is 5.21. The number of aromatic nitrogens is 4. The maximum absolute atomic E-state index is 6.05. The lowest BCUT2D eigenvalue weighted by atomic mass is 10.1. The molecule has 0 saturated carbocycles. The van der Waals surface area contributed by atoms with Crippen LogP contribution in [0.5, 0.6) is 0 Å². The molecule has 3 heterocycles. The Bertz CT molecular complexity index is 950. The number of nitrogens with two attached hydrogens (primary N) is 1. The number of nitrogen functional groups attached to an aromatic ring is 1. The summed E-state index contributed by atoms with van der Waals surface area (Å²) in [5.41, 5.74) is 11.8. The molecule has 0 radical (unpaired) electrons. The Hall–Kier alpha value is -3.08. The molecule has 1 aromatic carbocycles. The van der Waals surface area contributed by atoms with E-state index in [1.54, 1.807) is 6.20 Å². The highest BCUT2D eigenvalue weighted by atomic mass is 15.4. The van der Waals surface area contributed by atoms with E-state index in [0.717, 1.165) is 33.8 Å². The summed E-state index contributed by atoms with van der Waals surface area (Å²) in [5, 5.41) is 0. The standard InChI is InChI=1S/C17H15N5/c1-12-14(18)5-2-6-15(12)21-9-7-17-20-11-16(22(17)21)13-4-3-8-19-10-13/h2-11H,18H2,1H3. The summed E-state index contributed by atoms with van der Waals surface area (Å²) in [6.07, 6.45) is 7.48. The van der Waals surface area contributed by atoms with Gasteiger partial charge < -0.3 is 5.73 Å². The smallest absolute Gasteiger partial charge is 0.154 e. The minimum atomic E-state index is 0.780. The number of hydrogen-bond acceptors (Lipinski definition) is 3. The van der Waals surface area contributed by atoms with Gasteiger partial charge in [-0.15, -0.1) is 0 Å². The van der Waals surface area contributed by atoms with Crippen LogP contribution in [0.1, 0.15) is 5.56 Å². The molecule has 0 atom stereocenters. The first-order valence-electron chi connectivity index (χ1n) is 7.06. The van der Waals surface area contributed by atoms with Gasteiger partial charge >= 0.3 is 0 Å². The van der Waals surface area contributed by atoms with Crippen LogP contribution in [0.3, 0.4) is 0 Å². The summed E-state index contributed by atoms with van der Waals surface area (Å²) >= 11 is 0. The number of nitrogens with zero attached hydrogens (tertiary/aromatic N) is 4. The first kappa shape index (κ1) is 12.6. The molecule has 2 N–H and O–H groups in total. The second-order valence-electron chi connectivity index (χ2n) is 5.21. The highest BCUT2D eigenvalue weighted by molar-refractivity contribution is 5.64. The van der Waals surface area contributed by atoms with E-state index in [1.165, 1.54) is 0 Å². The van der Waals surface area contributed by atoms with Gasteiger partial charge in [0, 0.05) is 35.9 Å². The van der Waals surface area contributed by atoms with Gasteiger partial charge in [-0.2, -0.15) is 0 Å². The Morgan fingerprint density at radius 2 is 1.95 bits per heavy atom. The summed E-state index contributed by atoms with van der Waals surface area (Å²) in [5.74, 6) is 0. The van der Waals surface area contributed by atoms with Crippen molar-refractivity contribution >= 4 is 11.3 Å². The monoisotopic (exact) mass is 289 g/mol. The molecule has 3 aromatic heterocycles. The quantitative estimate of drug-likeness (QED) is 0.577. The first-order valence-corrected chi connectivity index (χ1v) is 7.06. The average Bonchev–Trinajstić information content (AvgIpc) is 3.13. The molecule has 0 aliphatic heterocycles. The topological polar surface area (TPSA) is 61.1 Å². The Kier molecular flexibility index (Phi) is 2.72. The molecule has 0 amide bonds. The molecule has 0 saturated heterocycles. The number of benzene rings is 1. The Morgan fingerprint density at radius 3 is 2.77 bits per heavy atom. The van der Waals surface area contributed by atoms with Crippen LogP contribution in [-0.2, 0) is 0 Å². The van der Waals surface area contributed by atoms with Crippen LogP contribution >= 0.6 is 0 Å². The molecule has 0 unspecified atom stereocenters. The number of anilines is 1. The van der Waals surface area contributed by atoms with Crippen molar-refractivity contribution < 1.29 is 0 Å². The normalized spacial score (nSPS) is 11.1. The molecular weight excluding hydrogens is 274 g/mol. The number of imidazole rings is 1. The molecular formula is C17H15N5.